The third-order valence-corrected chi connectivity index (χ3v) is 5.00. The average Bonchev–Trinajstić information content (AvgIpc) is 2.53. The summed E-state index contributed by atoms with van der Waals surface area (Å²) < 4.78 is 28.0. The SMILES string of the molecule is O=C(NCCNS(=O)(=O)N1CCCCC1)c1ccccc1. The maximum Gasteiger partial charge on any atom is 0.279 e. The molecule has 0 radical (unpaired) electrons. The average molecular weight is 311 g/mol. The van der Waals surface area contributed by atoms with E-state index in [-0.39, 0.29) is 19.0 Å². The van der Waals surface area contributed by atoms with Gasteiger partial charge in [-0.3, -0.25) is 4.79 Å². The number of nitrogens with zero attached hydrogens (tertiary/aromatic N) is 1. The molecule has 0 aliphatic carbocycles. The van der Waals surface area contributed by atoms with Crippen molar-refractivity contribution in [3.05, 3.63) is 35.9 Å². The van der Waals surface area contributed by atoms with Crippen molar-refractivity contribution in [2.75, 3.05) is 26.2 Å². The number of amides is 1. The Balaban J connectivity index is 1.73. The van der Waals surface area contributed by atoms with Crippen LogP contribution in [0.1, 0.15) is 29.6 Å². The van der Waals surface area contributed by atoms with E-state index in [1.807, 2.05) is 6.07 Å². The Morgan fingerprint density at radius 1 is 1.05 bits per heavy atom. The quantitative estimate of drug-likeness (QED) is 0.761. The molecule has 0 unspecified atom stereocenters. The van der Waals surface area contributed by atoms with Crippen LogP contribution in [-0.2, 0) is 10.2 Å². The Morgan fingerprint density at radius 2 is 1.71 bits per heavy atom. The van der Waals surface area contributed by atoms with E-state index in [4.69, 9.17) is 0 Å². The minimum atomic E-state index is -3.41. The Morgan fingerprint density at radius 3 is 2.38 bits per heavy atom. The first kappa shape index (κ1) is 15.9. The topological polar surface area (TPSA) is 78.5 Å². The summed E-state index contributed by atoms with van der Waals surface area (Å²) in [5, 5.41) is 2.69. The lowest BCUT2D eigenvalue weighted by molar-refractivity contribution is 0.0954. The Kier molecular flexibility index (Phi) is 5.72. The van der Waals surface area contributed by atoms with Crippen molar-refractivity contribution in [2.45, 2.75) is 19.3 Å². The smallest absolute Gasteiger partial charge is 0.279 e. The standard InChI is InChI=1S/C14H21N3O3S/c18-14(13-7-3-1-4-8-13)15-9-10-16-21(19,20)17-11-5-2-6-12-17/h1,3-4,7-8,16H,2,5-6,9-12H2,(H,15,18). The van der Waals surface area contributed by atoms with Crippen LogP contribution in [0, 0.1) is 0 Å². The van der Waals surface area contributed by atoms with Gasteiger partial charge in [0.1, 0.15) is 0 Å². The summed E-state index contributed by atoms with van der Waals surface area (Å²) in [5.74, 6) is -0.201. The lowest BCUT2D eigenvalue weighted by Crippen LogP contribution is -2.45. The zero-order chi connectivity index (χ0) is 15.1. The summed E-state index contributed by atoms with van der Waals surface area (Å²) in [7, 11) is -3.41. The van der Waals surface area contributed by atoms with E-state index in [9.17, 15) is 13.2 Å². The van der Waals surface area contributed by atoms with E-state index < -0.39 is 10.2 Å². The van der Waals surface area contributed by atoms with Gasteiger partial charge in [0.15, 0.2) is 0 Å². The van der Waals surface area contributed by atoms with E-state index in [1.54, 1.807) is 24.3 Å². The molecule has 21 heavy (non-hydrogen) atoms. The van der Waals surface area contributed by atoms with Crippen molar-refractivity contribution in [1.82, 2.24) is 14.3 Å². The molecule has 2 rings (SSSR count). The van der Waals surface area contributed by atoms with Crippen LogP contribution in [0.25, 0.3) is 0 Å². The first-order valence-corrected chi connectivity index (χ1v) is 8.61. The van der Waals surface area contributed by atoms with Crippen molar-refractivity contribution in [2.24, 2.45) is 0 Å². The van der Waals surface area contributed by atoms with Gasteiger partial charge in [-0.1, -0.05) is 24.6 Å². The third kappa shape index (κ3) is 4.80. The second-order valence-electron chi connectivity index (χ2n) is 4.98. The summed E-state index contributed by atoms with van der Waals surface area (Å²) in [6, 6.07) is 8.84. The summed E-state index contributed by atoms with van der Waals surface area (Å²) in [6.45, 7) is 1.61. The van der Waals surface area contributed by atoms with Crippen molar-refractivity contribution < 1.29 is 13.2 Å². The highest BCUT2D eigenvalue weighted by molar-refractivity contribution is 7.87. The van der Waals surface area contributed by atoms with Crippen molar-refractivity contribution >= 4 is 16.1 Å². The normalized spacial score (nSPS) is 16.6. The second kappa shape index (κ2) is 7.53. The van der Waals surface area contributed by atoms with E-state index in [0.29, 0.717) is 18.7 Å². The molecule has 0 spiro atoms. The predicted molar refractivity (Wildman–Crippen MR) is 81.1 cm³/mol. The van der Waals surface area contributed by atoms with Crippen LogP contribution in [0.5, 0.6) is 0 Å². The number of rotatable bonds is 6. The molecule has 0 bridgehead atoms. The van der Waals surface area contributed by atoms with Gasteiger partial charge in [-0.25, -0.2) is 4.72 Å². The fourth-order valence-electron chi connectivity index (χ4n) is 2.24. The molecule has 1 fully saturated rings. The van der Waals surface area contributed by atoms with Crippen molar-refractivity contribution in [1.29, 1.82) is 0 Å². The highest BCUT2D eigenvalue weighted by Gasteiger charge is 2.22. The van der Waals surface area contributed by atoms with Crippen LogP contribution in [0.3, 0.4) is 0 Å². The van der Waals surface area contributed by atoms with Crippen LogP contribution >= 0.6 is 0 Å². The van der Waals surface area contributed by atoms with Gasteiger partial charge in [0.2, 0.25) is 0 Å². The first-order chi connectivity index (χ1) is 10.1. The molecule has 1 aromatic carbocycles. The number of benzene rings is 1. The molecule has 6 nitrogen and oxygen atoms in total. The lowest BCUT2D eigenvalue weighted by atomic mass is 10.2. The molecule has 1 heterocycles. The molecule has 1 amide bonds. The van der Waals surface area contributed by atoms with Gasteiger partial charge >= 0.3 is 0 Å². The maximum atomic E-state index is 12.0. The minimum absolute atomic E-state index is 0.192. The number of carbonyl (C=O) groups is 1. The summed E-state index contributed by atoms with van der Waals surface area (Å²) in [6.07, 6.45) is 2.90. The number of piperidine rings is 1. The summed E-state index contributed by atoms with van der Waals surface area (Å²) in [5.41, 5.74) is 0.566. The zero-order valence-electron chi connectivity index (χ0n) is 11.9. The number of hydrogen-bond donors (Lipinski definition) is 2. The number of carbonyl (C=O) groups excluding carboxylic acids is 1. The predicted octanol–water partition coefficient (Wildman–Crippen LogP) is 0.737. The summed E-state index contributed by atoms with van der Waals surface area (Å²) in [4.78, 5) is 11.8. The maximum absolute atomic E-state index is 12.0. The van der Waals surface area contributed by atoms with Crippen LogP contribution in [0.4, 0.5) is 0 Å². The fraction of sp³-hybridized carbons (Fsp3) is 0.500. The first-order valence-electron chi connectivity index (χ1n) is 7.17. The van der Waals surface area contributed by atoms with Crippen LogP contribution in [-0.4, -0.2) is 44.8 Å². The van der Waals surface area contributed by atoms with Gasteiger partial charge in [-0.05, 0) is 25.0 Å². The van der Waals surface area contributed by atoms with Gasteiger partial charge in [0.05, 0.1) is 0 Å². The molecule has 1 aromatic rings. The van der Waals surface area contributed by atoms with Gasteiger partial charge in [-0.15, -0.1) is 0 Å². The van der Waals surface area contributed by atoms with Gasteiger partial charge in [-0.2, -0.15) is 12.7 Å². The molecule has 7 heteroatoms. The molecular weight excluding hydrogens is 290 g/mol. The number of hydrogen-bond acceptors (Lipinski definition) is 3. The Bertz CT molecular complexity index is 554. The van der Waals surface area contributed by atoms with E-state index >= 15 is 0 Å². The molecule has 1 aliphatic rings. The van der Waals surface area contributed by atoms with Crippen molar-refractivity contribution in [3.8, 4) is 0 Å². The molecule has 2 N–H and O–H groups in total. The monoisotopic (exact) mass is 311 g/mol. The molecule has 0 aromatic heterocycles. The Labute approximate surface area is 125 Å². The third-order valence-electron chi connectivity index (χ3n) is 3.39. The van der Waals surface area contributed by atoms with Crippen LogP contribution in [0.15, 0.2) is 30.3 Å². The molecular formula is C14H21N3O3S. The van der Waals surface area contributed by atoms with Crippen LogP contribution < -0.4 is 10.0 Å². The van der Waals surface area contributed by atoms with E-state index in [0.717, 1.165) is 19.3 Å². The van der Waals surface area contributed by atoms with Gasteiger partial charge in [0, 0.05) is 31.7 Å². The van der Waals surface area contributed by atoms with Gasteiger partial charge in [0.25, 0.3) is 16.1 Å². The minimum Gasteiger partial charge on any atom is -0.351 e. The molecule has 116 valence electrons. The Hall–Kier alpha value is -1.44. The lowest BCUT2D eigenvalue weighted by Gasteiger charge is -2.25. The van der Waals surface area contributed by atoms with Crippen LogP contribution in [0.2, 0.25) is 0 Å². The largest absolute Gasteiger partial charge is 0.351 e. The van der Waals surface area contributed by atoms with E-state index in [1.165, 1.54) is 4.31 Å². The molecule has 0 saturated carbocycles. The molecule has 0 atom stereocenters. The highest BCUT2D eigenvalue weighted by Crippen LogP contribution is 2.11. The van der Waals surface area contributed by atoms with Gasteiger partial charge < -0.3 is 5.32 Å². The summed E-state index contributed by atoms with van der Waals surface area (Å²) >= 11 is 0. The van der Waals surface area contributed by atoms with E-state index in [2.05, 4.69) is 10.0 Å². The second-order valence-corrected chi connectivity index (χ2v) is 6.74. The zero-order valence-corrected chi connectivity index (χ0v) is 12.7. The fourth-order valence-corrected chi connectivity index (χ4v) is 3.53. The molecule has 1 saturated heterocycles. The molecule has 1 aliphatic heterocycles. The highest BCUT2D eigenvalue weighted by atomic mass is 32.2. The number of nitrogens with one attached hydrogen (secondary N) is 2. The van der Waals surface area contributed by atoms with Crippen molar-refractivity contribution in [3.63, 3.8) is 0 Å².